The number of rotatable bonds is 14. The Bertz CT molecular complexity index is 206. The van der Waals surface area contributed by atoms with Gasteiger partial charge in [0.15, 0.2) is 0 Å². The molecule has 0 amide bonds. The molecule has 0 aromatic heterocycles. The number of hydrogen-bond acceptors (Lipinski definition) is 5. The molecule has 0 spiro atoms. The number of unbranched alkanes of at least 4 members (excludes halogenated alkanes) is 6. The maximum absolute atomic E-state index is 5.85. The number of hydrogen-bond donors (Lipinski definition) is 1. The van der Waals surface area contributed by atoms with Gasteiger partial charge in [-0.05, 0) is 13.3 Å². The SMILES string of the molecule is CCCCCCCCCC(CC(C)N)(OOC)OOC. The van der Waals surface area contributed by atoms with Gasteiger partial charge in [-0.1, -0.05) is 45.4 Å². The summed E-state index contributed by atoms with van der Waals surface area (Å²) >= 11 is 0. The van der Waals surface area contributed by atoms with Crippen LogP contribution in [0, 0.1) is 0 Å². The third-order valence-corrected chi connectivity index (χ3v) is 3.26. The molecule has 0 heterocycles. The standard InChI is InChI=1S/C15H33NO4/c1-5-6-7-8-9-10-11-12-15(19-17-3,20-18-4)13-14(2)16/h14H,5-13,16H2,1-4H3. The average Bonchev–Trinajstić information content (AvgIpc) is 2.37. The summed E-state index contributed by atoms with van der Waals surface area (Å²) in [7, 11) is 2.94. The minimum absolute atomic E-state index is 0.0511. The van der Waals surface area contributed by atoms with Gasteiger partial charge in [-0.2, -0.15) is 9.78 Å². The number of nitrogens with two attached hydrogens (primary N) is 1. The Kier molecular flexibility index (Phi) is 12.4. The van der Waals surface area contributed by atoms with E-state index in [1.807, 2.05) is 6.92 Å². The van der Waals surface area contributed by atoms with Crippen LogP contribution in [-0.4, -0.2) is 26.0 Å². The molecule has 0 rings (SSSR count). The molecular formula is C15H33NO4. The third kappa shape index (κ3) is 9.66. The van der Waals surface area contributed by atoms with Crippen LogP contribution in [0.3, 0.4) is 0 Å². The highest BCUT2D eigenvalue weighted by atomic mass is 17.3. The maximum atomic E-state index is 5.85. The smallest absolute Gasteiger partial charge is 0.235 e. The van der Waals surface area contributed by atoms with Crippen molar-refractivity contribution in [3.63, 3.8) is 0 Å². The van der Waals surface area contributed by atoms with Gasteiger partial charge in [-0.3, -0.25) is 0 Å². The fraction of sp³-hybridized carbons (Fsp3) is 1.00. The molecular weight excluding hydrogens is 258 g/mol. The predicted octanol–water partition coefficient (Wildman–Crippen LogP) is 3.72. The molecule has 20 heavy (non-hydrogen) atoms. The highest BCUT2D eigenvalue weighted by molar-refractivity contribution is 4.73. The maximum Gasteiger partial charge on any atom is 0.235 e. The van der Waals surface area contributed by atoms with Crippen molar-refractivity contribution in [2.24, 2.45) is 5.73 Å². The van der Waals surface area contributed by atoms with Crippen molar-refractivity contribution in [2.75, 3.05) is 14.2 Å². The molecule has 5 heteroatoms. The van der Waals surface area contributed by atoms with Gasteiger partial charge in [-0.25, -0.2) is 9.78 Å². The molecule has 2 N–H and O–H groups in total. The first-order chi connectivity index (χ1) is 9.60. The van der Waals surface area contributed by atoms with E-state index in [1.54, 1.807) is 0 Å². The van der Waals surface area contributed by atoms with Crippen LogP contribution >= 0.6 is 0 Å². The Labute approximate surface area is 124 Å². The van der Waals surface area contributed by atoms with Crippen LogP contribution in [0.5, 0.6) is 0 Å². The van der Waals surface area contributed by atoms with Crippen LogP contribution in [0.4, 0.5) is 0 Å². The summed E-state index contributed by atoms with van der Waals surface area (Å²) in [5, 5.41) is 0. The highest BCUT2D eigenvalue weighted by Gasteiger charge is 2.35. The summed E-state index contributed by atoms with van der Waals surface area (Å²) < 4.78 is 0. The van der Waals surface area contributed by atoms with E-state index in [2.05, 4.69) is 6.92 Å². The molecule has 0 saturated heterocycles. The lowest BCUT2D eigenvalue weighted by molar-refractivity contribution is -0.503. The van der Waals surface area contributed by atoms with E-state index in [0.29, 0.717) is 12.8 Å². The Morgan fingerprint density at radius 2 is 1.40 bits per heavy atom. The predicted molar refractivity (Wildman–Crippen MR) is 79.8 cm³/mol. The fourth-order valence-corrected chi connectivity index (χ4v) is 2.41. The second kappa shape index (κ2) is 12.5. The molecule has 0 fully saturated rings. The molecule has 1 atom stereocenters. The minimum atomic E-state index is -0.902. The summed E-state index contributed by atoms with van der Waals surface area (Å²) in [5.41, 5.74) is 5.85. The molecule has 0 radical (unpaired) electrons. The van der Waals surface area contributed by atoms with E-state index in [9.17, 15) is 0 Å². The van der Waals surface area contributed by atoms with Crippen LogP contribution in [-0.2, 0) is 19.6 Å². The zero-order valence-electron chi connectivity index (χ0n) is 13.7. The third-order valence-electron chi connectivity index (χ3n) is 3.26. The first kappa shape index (κ1) is 19.8. The van der Waals surface area contributed by atoms with Gasteiger partial charge in [0.25, 0.3) is 0 Å². The summed E-state index contributed by atoms with van der Waals surface area (Å²) in [5.74, 6) is -0.902. The molecule has 5 nitrogen and oxygen atoms in total. The molecule has 0 aromatic carbocycles. The van der Waals surface area contributed by atoms with E-state index in [0.717, 1.165) is 12.8 Å². The van der Waals surface area contributed by atoms with Crippen molar-refractivity contribution in [1.82, 2.24) is 0 Å². The lowest BCUT2D eigenvalue weighted by Crippen LogP contribution is -2.41. The molecule has 0 aliphatic carbocycles. The van der Waals surface area contributed by atoms with Gasteiger partial charge >= 0.3 is 0 Å². The largest absolute Gasteiger partial charge is 0.328 e. The van der Waals surface area contributed by atoms with E-state index in [1.165, 1.54) is 46.3 Å². The Hall–Kier alpha value is -0.200. The van der Waals surface area contributed by atoms with Crippen LogP contribution in [0.1, 0.15) is 71.6 Å². The van der Waals surface area contributed by atoms with Crippen LogP contribution in [0.2, 0.25) is 0 Å². The van der Waals surface area contributed by atoms with Crippen LogP contribution in [0.25, 0.3) is 0 Å². The second-order valence-corrected chi connectivity index (χ2v) is 5.46. The van der Waals surface area contributed by atoms with Crippen LogP contribution in [0.15, 0.2) is 0 Å². The van der Waals surface area contributed by atoms with E-state index < -0.39 is 5.79 Å². The summed E-state index contributed by atoms with van der Waals surface area (Å²) in [6, 6.07) is -0.0511. The average molecular weight is 291 g/mol. The van der Waals surface area contributed by atoms with E-state index in [4.69, 9.17) is 25.3 Å². The molecule has 1 unspecified atom stereocenters. The highest BCUT2D eigenvalue weighted by Crippen LogP contribution is 2.27. The minimum Gasteiger partial charge on any atom is -0.328 e. The summed E-state index contributed by atoms with van der Waals surface area (Å²) in [6.45, 7) is 4.14. The first-order valence-corrected chi connectivity index (χ1v) is 7.79. The fourth-order valence-electron chi connectivity index (χ4n) is 2.41. The molecule has 0 bridgehead atoms. The van der Waals surface area contributed by atoms with Crippen molar-refractivity contribution in [2.45, 2.75) is 83.5 Å². The first-order valence-electron chi connectivity index (χ1n) is 7.79. The lowest BCUT2D eigenvalue weighted by Gasteiger charge is -2.31. The lowest BCUT2D eigenvalue weighted by atomic mass is 10.00. The summed E-state index contributed by atoms with van der Waals surface area (Å²) in [6.07, 6.45) is 9.88. The molecule has 122 valence electrons. The van der Waals surface area contributed by atoms with Gasteiger partial charge in [0.2, 0.25) is 5.79 Å². The Morgan fingerprint density at radius 1 is 0.900 bits per heavy atom. The van der Waals surface area contributed by atoms with Gasteiger partial charge in [-0.15, -0.1) is 0 Å². The Morgan fingerprint density at radius 3 is 1.85 bits per heavy atom. The molecule has 0 aromatic rings. The van der Waals surface area contributed by atoms with E-state index >= 15 is 0 Å². The van der Waals surface area contributed by atoms with Crippen molar-refractivity contribution < 1.29 is 19.6 Å². The second-order valence-electron chi connectivity index (χ2n) is 5.46. The van der Waals surface area contributed by atoms with Gasteiger partial charge in [0.05, 0.1) is 14.2 Å². The summed E-state index contributed by atoms with van der Waals surface area (Å²) in [4.78, 5) is 20.2. The van der Waals surface area contributed by atoms with E-state index in [-0.39, 0.29) is 6.04 Å². The zero-order chi connectivity index (χ0) is 15.3. The molecule has 0 aliphatic heterocycles. The van der Waals surface area contributed by atoms with Gasteiger partial charge in [0, 0.05) is 18.9 Å². The quantitative estimate of drug-likeness (QED) is 0.229. The van der Waals surface area contributed by atoms with Crippen molar-refractivity contribution in [1.29, 1.82) is 0 Å². The van der Waals surface area contributed by atoms with Gasteiger partial charge < -0.3 is 5.73 Å². The van der Waals surface area contributed by atoms with Crippen LogP contribution < -0.4 is 5.73 Å². The van der Waals surface area contributed by atoms with Crippen molar-refractivity contribution in [3.8, 4) is 0 Å². The Balaban J connectivity index is 4.06. The van der Waals surface area contributed by atoms with Gasteiger partial charge in [0.1, 0.15) is 0 Å². The van der Waals surface area contributed by atoms with Crippen molar-refractivity contribution in [3.05, 3.63) is 0 Å². The molecule has 0 saturated carbocycles. The topological polar surface area (TPSA) is 62.9 Å². The zero-order valence-corrected chi connectivity index (χ0v) is 13.7. The monoisotopic (exact) mass is 291 g/mol. The molecule has 0 aliphatic rings. The normalized spacial score (nSPS) is 13.7. The van der Waals surface area contributed by atoms with Crippen molar-refractivity contribution >= 4 is 0 Å².